The van der Waals surface area contributed by atoms with Crippen LogP contribution in [0.15, 0.2) is 24.4 Å². The first kappa shape index (κ1) is 15.4. The van der Waals surface area contributed by atoms with E-state index in [9.17, 15) is 0 Å². The van der Waals surface area contributed by atoms with Gasteiger partial charge in [0.15, 0.2) is 5.65 Å². The van der Waals surface area contributed by atoms with E-state index in [1.165, 1.54) is 0 Å². The molecule has 0 bridgehead atoms. The van der Waals surface area contributed by atoms with Crippen molar-refractivity contribution in [1.82, 2.24) is 24.6 Å². The number of unbranched alkanes of at least 4 members (excludes halogenated alkanes) is 1. The number of rotatable bonds is 6. The zero-order valence-electron chi connectivity index (χ0n) is 13.2. The van der Waals surface area contributed by atoms with Crippen LogP contribution in [0.3, 0.4) is 0 Å². The predicted molar refractivity (Wildman–Crippen MR) is 84.6 cm³/mol. The smallest absolute Gasteiger partial charge is 0.323 e. The van der Waals surface area contributed by atoms with E-state index < -0.39 is 0 Å². The van der Waals surface area contributed by atoms with Crippen molar-refractivity contribution in [1.29, 1.82) is 0 Å². The van der Waals surface area contributed by atoms with Crippen LogP contribution >= 0.6 is 0 Å². The molecule has 0 radical (unpaired) electrons. The number of nitrogens with zero attached hydrogens (tertiary/aromatic N) is 5. The summed E-state index contributed by atoms with van der Waals surface area (Å²) < 4.78 is 7.47. The first-order valence-corrected chi connectivity index (χ1v) is 7.60. The summed E-state index contributed by atoms with van der Waals surface area (Å²) >= 11 is 0. The number of hydrogen-bond acceptors (Lipinski definition) is 6. The molecule has 0 fully saturated rings. The van der Waals surface area contributed by atoms with Gasteiger partial charge in [0.1, 0.15) is 0 Å². The Kier molecular flexibility index (Phi) is 4.47. The maximum atomic E-state index is 8.91. The van der Waals surface area contributed by atoms with Crippen molar-refractivity contribution in [3.8, 4) is 11.9 Å². The second-order valence-corrected chi connectivity index (χ2v) is 5.40. The van der Waals surface area contributed by atoms with Gasteiger partial charge in [0, 0.05) is 35.8 Å². The van der Waals surface area contributed by atoms with Gasteiger partial charge < -0.3 is 9.84 Å². The third kappa shape index (κ3) is 3.62. The first-order chi connectivity index (χ1) is 11.2. The molecule has 0 aromatic carbocycles. The largest absolute Gasteiger partial charge is 0.405 e. The zero-order chi connectivity index (χ0) is 16.2. The Morgan fingerprint density at radius 3 is 2.61 bits per heavy atom. The molecule has 0 amide bonds. The highest BCUT2D eigenvalue weighted by molar-refractivity contribution is 5.41. The molecule has 0 unspecified atom stereocenters. The summed E-state index contributed by atoms with van der Waals surface area (Å²) in [6.07, 6.45) is 4.07. The lowest BCUT2D eigenvalue weighted by molar-refractivity contribution is 0.284. The maximum absolute atomic E-state index is 8.91. The summed E-state index contributed by atoms with van der Waals surface area (Å²) in [5, 5.41) is 13.1. The Balaban J connectivity index is 1.93. The normalized spacial score (nSPS) is 11.1. The van der Waals surface area contributed by atoms with Crippen LogP contribution in [0.2, 0.25) is 0 Å². The first-order valence-electron chi connectivity index (χ1n) is 7.60. The van der Waals surface area contributed by atoms with Crippen molar-refractivity contribution >= 4 is 5.65 Å². The molecule has 0 aliphatic heterocycles. The fourth-order valence-electron chi connectivity index (χ4n) is 2.39. The van der Waals surface area contributed by atoms with Crippen LogP contribution in [0.5, 0.6) is 11.9 Å². The monoisotopic (exact) mass is 313 g/mol. The lowest BCUT2D eigenvalue weighted by atomic mass is 10.2. The zero-order valence-corrected chi connectivity index (χ0v) is 13.2. The summed E-state index contributed by atoms with van der Waals surface area (Å²) in [6.45, 7) is 3.99. The summed E-state index contributed by atoms with van der Waals surface area (Å²) in [4.78, 5) is 13.1. The summed E-state index contributed by atoms with van der Waals surface area (Å²) in [5.41, 5.74) is 3.31. The van der Waals surface area contributed by atoms with E-state index in [-0.39, 0.29) is 6.61 Å². The molecule has 7 nitrogen and oxygen atoms in total. The van der Waals surface area contributed by atoms with E-state index in [1.807, 2.05) is 32.0 Å². The van der Waals surface area contributed by atoms with E-state index in [4.69, 9.17) is 9.84 Å². The molecule has 1 N–H and O–H groups in total. The molecular formula is C16H19N5O2. The second kappa shape index (κ2) is 6.70. The highest BCUT2D eigenvalue weighted by Crippen LogP contribution is 2.21. The minimum Gasteiger partial charge on any atom is -0.405 e. The molecule has 0 aliphatic rings. The van der Waals surface area contributed by atoms with E-state index in [2.05, 4.69) is 20.1 Å². The number of aliphatic hydroxyl groups excluding tert-OH is 1. The quantitative estimate of drug-likeness (QED) is 0.702. The van der Waals surface area contributed by atoms with E-state index in [0.29, 0.717) is 17.5 Å². The lowest BCUT2D eigenvalue weighted by Crippen LogP contribution is -2.03. The standard InChI is InChI=1S/C16H19N5O2/c1-11-9-12(2)19-16(18-11)23-15-10-13(5-3-4-8-22)20-14-6-7-17-21(14)15/h6-7,9-10,22H,3-5,8H2,1-2H3. The van der Waals surface area contributed by atoms with Gasteiger partial charge in [-0.15, -0.1) is 0 Å². The number of fused-ring (bicyclic) bond motifs is 1. The Bertz CT molecular complexity index is 795. The summed E-state index contributed by atoms with van der Waals surface area (Å²) in [5.74, 6) is 0.531. The molecule has 3 heterocycles. The van der Waals surface area contributed by atoms with Crippen LogP contribution in [0.4, 0.5) is 0 Å². The van der Waals surface area contributed by atoms with Gasteiger partial charge in [-0.05, 0) is 39.2 Å². The number of ether oxygens (including phenoxy) is 1. The fraction of sp³-hybridized carbons (Fsp3) is 0.375. The SMILES string of the molecule is Cc1cc(C)nc(Oc2cc(CCCCO)nc3ccnn23)n1. The van der Waals surface area contributed by atoms with Gasteiger partial charge in [0.05, 0.1) is 6.20 Å². The summed E-state index contributed by atoms with van der Waals surface area (Å²) in [7, 11) is 0. The molecule has 0 spiro atoms. The van der Waals surface area contributed by atoms with E-state index >= 15 is 0 Å². The van der Waals surface area contributed by atoms with Crippen molar-refractivity contribution in [2.45, 2.75) is 33.1 Å². The lowest BCUT2D eigenvalue weighted by Gasteiger charge is -2.09. The third-order valence-corrected chi connectivity index (χ3v) is 3.38. The Morgan fingerprint density at radius 1 is 1.09 bits per heavy atom. The number of aryl methyl sites for hydroxylation is 3. The van der Waals surface area contributed by atoms with Gasteiger partial charge in [-0.25, -0.2) is 15.0 Å². The third-order valence-electron chi connectivity index (χ3n) is 3.38. The summed E-state index contributed by atoms with van der Waals surface area (Å²) in [6, 6.07) is 5.86. The van der Waals surface area contributed by atoms with Crippen LogP contribution < -0.4 is 4.74 Å². The molecule has 0 saturated carbocycles. The minimum absolute atomic E-state index is 0.189. The van der Waals surface area contributed by atoms with Gasteiger partial charge in [0.2, 0.25) is 5.88 Å². The average Bonchev–Trinajstić information content (AvgIpc) is 2.95. The molecule has 7 heteroatoms. The van der Waals surface area contributed by atoms with E-state index in [1.54, 1.807) is 10.7 Å². The van der Waals surface area contributed by atoms with Crippen molar-refractivity contribution in [2.24, 2.45) is 0 Å². The molecule has 3 rings (SSSR count). The van der Waals surface area contributed by atoms with Crippen LogP contribution in [0.25, 0.3) is 5.65 Å². The highest BCUT2D eigenvalue weighted by atomic mass is 16.5. The van der Waals surface area contributed by atoms with Gasteiger partial charge in [-0.3, -0.25) is 0 Å². The molecule has 120 valence electrons. The number of hydrogen-bond donors (Lipinski definition) is 1. The van der Waals surface area contributed by atoms with Gasteiger partial charge in [0.25, 0.3) is 0 Å². The molecule has 3 aromatic heterocycles. The predicted octanol–water partition coefficient (Wildman–Crippen LogP) is 2.24. The average molecular weight is 313 g/mol. The van der Waals surface area contributed by atoms with Crippen molar-refractivity contribution in [3.63, 3.8) is 0 Å². The highest BCUT2D eigenvalue weighted by Gasteiger charge is 2.11. The minimum atomic E-state index is 0.189. The number of aliphatic hydroxyl groups is 1. The number of aromatic nitrogens is 5. The molecule has 3 aromatic rings. The van der Waals surface area contributed by atoms with Gasteiger partial charge >= 0.3 is 6.01 Å². The van der Waals surface area contributed by atoms with Crippen LogP contribution in [-0.4, -0.2) is 36.3 Å². The Morgan fingerprint density at radius 2 is 1.87 bits per heavy atom. The van der Waals surface area contributed by atoms with Crippen molar-refractivity contribution < 1.29 is 9.84 Å². The van der Waals surface area contributed by atoms with Crippen LogP contribution in [0.1, 0.15) is 29.9 Å². The second-order valence-electron chi connectivity index (χ2n) is 5.40. The van der Waals surface area contributed by atoms with E-state index in [0.717, 1.165) is 36.3 Å². The molecule has 0 atom stereocenters. The van der Waals surface area contributed by atoms with Gasteiger partial charge in [-0.2, -0.15) is 9.61 Å². The maximum Gasteiger partial charge on any atom is 0.323 e. The molecule has 0 aliphatic carbocycles. The van der Waals surface area contributed by atoms with Crippen LogP contribution in [-0.2, 0) is 6.42 Å². The topological polar surface area (TPSA) is 85.4 Å². The molecule has 0 saturated heterocycles. The molecule has 23 heavy (non-hydrogen) atoms. The van der Waals surface area contributed by atoms with Crippen molar-refractivity contribution in [3.05, 3.63) is 41.5 Å². The van der Waals surface area contributed by atoms with Gasteiger partial charge in [-0.1, -0.05) is 0 Å². The fourth-order valence-corrected chi connectivity index (χ4v) is 2.39. The van der Waals surface area contributed by atoms with Crippen molar-refractivity contribution in [2.75, 3.05) is 6.61 Å². The Labute approximate surface area is 134 Å². The Hall–Kier alpha value is -2.54. The molecular weight excluding hydrogens is 294 g/mol. The van der Waals surface area contributed by atoms with Crippen LogP contribution in [0, 0.1) is 13.8 Å².